The van der Waals surface area contributed by atoms with Gasteiger partial charge in [-0.1, -0.05) is 29.4 Å². The number of aromatic nitrogens is 2. The van der Waals surface area contributed by atoms with E-state index in [2.05, 4.69) is 21.8 Å². The number of nitrogens with two attached hydrogens (primary N) is 1. The number of piperidine rings is 1. The molecule has 1 aliphatic heterocycles. The minimum atomic E-state index is -0.462. The number of rotatable bonds is 4. The summed E-state index contributed by atoms with van der Waals surface area (Å²) in [6, 6.07) is 5.23. The molecular weight excluding hydrogens is 372 g/mol. The predicted octanol–water partition coefficient (Wildman–Crippen LogP) is 3.39. The van der Waals surface area contributed by atoms with E-state index in [9.17, 15) is 4.79 Å². The first-order valence-electron chi connectivity index (χ1n) is 8.30. The highest BCUT2D eigenvalue weighted by Crippen LogP contribution is 2.34. The van der Waals surface area contributed by atoms with E-state index in [1.54, 1.807) is 24.5 Å². The number of ether oxygens (including phenoxy) is 1. The van der Waals surface area contributed by atoms with Crippen molar-refractivity contribution in [3.63, 3.8) is 0 Å². The van der Waals surface area contributed by atoms with Crippen LogP contribution in [0.3, 0.4) is 0 Å². The number of benzene rings is 1. The number of hydrogen-bond donors (Lipinski definition) is 1. The topological polar surface area (TPSA) is 81.3 Å². The monoisotopic (exact) mass is 392 g/mol. The molecule has 0 unspecified atom stereocenters. The highest BCUT2D eigenvalue weighted by Gasteiger charge is 2.26. The molecule has 1 fully saturated rings. The number of carbonyl (C=O) groups excluding carboxylic acids is 1. The van der Waals surface area contributed by atoms with E-state index in [0.717, 1.165) is 36.6 Å². The van der Waals surface area contributed by atoms with Crippen LogP contribution in [0.5, 0.6) is 0 Å². The van der Waals surface area contributed by atoms with Crippen molar-refractivity contribution in [2.75, 3.05) is 25.1 Å². The Morgan fingerprint density at radius 2 is 2.04 bits per heavy atom. The van der Waals surface area contributed by atoms with Crippen LogP contribution in [-0.4, -0.2) is 41.7 Å². The average molecular weight is 393 g/mol. The number of methoxy groups -OCH3 is 1. The lowest BCUT2D eigenvalue weighted by Crippen LogP contribution is -2.48. The molecule has 3 rings (SSSR count). The van der Waals surface area contributed by atoms with Crippen molar-refractivity contribution in [2.24, 2.45) is 5.73 Å². The molecule has 2 aromatic rings. The summed E-state index contributed by atoms with van der Waals surface area (Å²) in [6.07, 6.45) is 5.35. The van der Waals surface area contributed by atoms with Crippen LogP contribution in [0.15, 0.2) is 40.5 Å². The summed E-state index contributed by atoms with van der Waals surface area (Å²) < 4.78 is 4.74. The molecule has 8 heteroatoms. The lowest BCUT2D eigenvalue weighted by molar-refractivity contribution is 0.0600. The van der Waals surface area contributed by atoms with E-state index >= 15 is 0 Å². The van der Waals surface area contributed by atoms with Gasteiger partial charge in [0, 0.05) is 23.5 Å². The maximum absolute atomic E-state index is 11.7. The lowest BCUT2D eigenvalue weighted by Gasteiger charge is -2.37. The van der Waals surface area contributed by atoms with Crippen LogP contribution in [0.1, 0.15) is 30.1 Å². The van der Waals surface area contributed by atoms with E-state index in [0.29, 0.717) is 15.6 Å². The molecule has 2 N–H and O–H groups in total. The van der Waals surface area contributed by atoms with E-state index < -0.39 is 5.97 Å². The summed E-state index contributed by atoms with van der Waals surface area (Å²) in [4.78, 5) is 23.7. The molecule has 0 aliphatic carbocycles. The molecule has 0 saturated carbocycles. The number of esters is 1. The van der Waals surface area contributed by atoms with Gasteiger partial charge >= 0.3 is 5.97 Å². The smallest absolute Gasteiger partial charge is 0.339 e. The predicted molar refractivity (Wildman–Crippen MR) is 103 cm³/mol. The lowest BCUT2D eigenvalue weighted by atomic mass is 9.91. The van der Waals surface area contributed by atoms with Crippen LogP contribution in [0.4, 0.5) is 5.82 Å². The summed E-state index contributed by atoms with van der Waals surface area (Å²) in [6.45, 7) is 3.84. The van der Waals surface area contributed by atoms with Crippen molar-refractivity contribution in [2.45, 2.75) is 35.2 Å². The Morgan fingerprint density at radius 1 is 1.31 bits per heavy atom. The quantitative estimate of drug-likeness (QED) is 0.798. The zero-order valence-electron chi connectivity index (χ0n) is 14.7. The fourth-order valence-electron chi connectivity index (χ4n) is 2.74. The van der Waals surface area contributed by atoms with Crippen molar-refractivity contribution >= 4 is 35.1 Å². The van der Waals surface area contributed by atoms with Crippen molar-refractivity contribution in [1.29, 1.82) is 0 Å². The van der Waals surface area contributed by atoms with Gasteiger partial charge < -0.3 is 15.4 Å². The van der Waals surface area contributed by atoms with Crippen molar-refractivity contribution < 1.29 is 9.53 Å². The van der Waals surface area contributed by atoms with E-state index in [1.165, 1.54) is 18.9 Å². The molecule has 138 valence electrons. The summed E-state index contributed by atoms with van der Waals surface area (Å²) in [5.41, 5.74) is 6.41. The molecule has 1 aliphatic rings. The highest BCUT2D eigenvalue weighted by atomic mass is 35.5. The third-order valence-electron chi connectivity index (χ3n) is 4.43. The number of nitrogens with zero attached hydrogens (tertiary/aromatic N) is 3. The Morgan fingerprint density at radius 3 is 2.65 bits per heavy atom. The minimum absolute atomic E-state index is 0.0961. The number of halogens is 1. The fourth-order valence-corrected chi connectivity index (χ4v) is 3.84. The molecule has 1 aromatic carbocycles. The maximum atomic E-state index is 11.7. The maximum Gasteiger partial charge on any atom is 0.339 e. The van der Waals surface area contributed by atoms with Gasteiger partial charge in [0.15, 0.2) is 0 Å². The van der Waals surface area contributed by atoms with Gasteiger partial charge in [0.2, 0.25) is 0 Å². The third-order valence-corrected chi connectivity index (χ3v) is 5.93. The Labute approximate surface area is 162 Å². The molecule has 26 heavy (non-hydrogen) atoms. The van der Waals surface area contributed by atoms with Crippen LogP contribution in [0.2, 0.25) is 5.02 Å². The molecule has 1 saturated heterocycles. The largest absolute Gasteiger partial charge is 0.465 e. The first kappa shape index (κ1) is 18.9. The number of anilines is 1. The molecule has 0 bridgehead atoms. The summed E-state index contributed by atoms with van der Waals surface area (Å²) in [7, 11) is 1.33. The summed E-state index contributed by atoms with van der Waals surface area (Å²) in [5.74, 6) is 0.384. The second kappa shape index (κ2) is 7.82. The van der Waals surface area contributed by atoms with Gasteiger partial charge in [-0.15, -0.1) is 0 Å². The Balaban J connectivity index is 1.71. The Bertz CT molecular complexity index is 788. The molecule has 1 aromatic heterocycles. The second-order valence-corrected chi connectivity index (χ2v) is 8.01. The van der Waals surface area contributed by atoms with Crippen molar-refractivity contribution in [3.8, 4) is 0 Å². The van der Waals surface area contributed by atoms with Crippen LogP contribution in [-0.2, 0) is 4.74 Å². The fraction of sp³-hybridized carbons (Fsp3) is 0.389. The summed E-state index contributed by atoms with van der Waals surface area (Å²) in [5, 5.41) is 1.06. The van der Waals surface area contributed by atoms with Gasteiger partial charge in [-0.05, 0) is 31.9 Å². The number of carbonyl (C=O) groups is 1. The Hall–Kier alpha value is -1.83. The second-order valence-electron chi connectivity index (χ2n) is 6.57. The highest BCUT2D eigenvalue weighted by molar-refractivity contribution is 7.99. The van der Waals surface area contributed by atoms with Gasteiger partial charge in [0.05, 0.1) is 30.1 Å². The standard InChI is InChI=1S/C18H21ClN4O2S/c1-18(20)6-8-23(9-7-18)14-10-22-15(11-21-14)26-13-5-3-4-12(16(13)19)17(24)25-2/h3-5,10-11H,6-9,20H2,1-2H3. The SMILES string of the molecule is COC(=O)c1cccc(Sc2cnc(N3CCC(C)(N)CC3)cn2)c1Cl. The van der Waals surface area contributed by atoms with Crippen molar-refractivity contribution in [3.05, 3.63) is 41.2 Å². The van der Waals surface area contributed by atoms with Gasteiger partial charge in [-0.2, -0.15) is 0 Å². The molecular formula is C18H21ClN4O2S. The molecule has 6 nitrogen and oxygen atoms in total. The van der Waals surface area contributed by atoms with Crippen LogP contribution in [0.25, 0.3) is 0 Å². The summed E-state index contributed by atoms with van der Waals surface area (Å²) >= 11 is 7.68. The van der Waals surface area contributed by atoms with Gasteiger partial charge in [-0.25, -0.2) is 14.8 Å². The zero-order chi connectivity index (χ0) is 18.7. The van der Waals surface area contributed by atoms with Gasteiger partial charge in [0.25, 0.3) is 0 Å². The molecule has 0 atom stereocenters. The van der Waals surface area contributed by atoms with Gasteiger partial charge in [0.1, 0.15) is 10.8 Å². The van der Waals surface area contributed by atoms with Gasteiger partial charge in [-0.3, -0.25) is 0 Å². The molecule has 0 radical (unpaired) electrons. The van der Waals surface area contributed by atoms with E-state index in [4.69, 9.17) is 22.1 Å². The molecule has 2 heterocycles. The average Bonchev–Trinajstić information content (AvgIpc) is 2.63. The number of hydrogen-bond acceptors (Lipinski definition) is 7. The third kappa shape index (κ3) is 4.28. The van der Waals surface area contributed by atoms with E-state index in [1.807, 2.05) is 6.07 Å². The molecule has 0 amide bonds. The zero-order valence-corrected chi connectivity index (χ0v) is 16.3. The minimum Gasteiger partial charge on any atom is -0.465 e. The van der Waals surface area contributed by atoms with Crippen LogP contribution in [0, 0.1) is 0 Å². The van der Waals surface area contributed by atoms with Crippen LogP contribution >= 0.6 is 23.4 Å². The first-order valence-corrected chi connectivity index (χ1v) is 9.50. The Kier molecular flexibility index (Phi) is 5.70. The van der Waals surface area contributed by atoms with Crippen molar-refractivity contribution in [1.82, 2.24) is 9.97 Å². The molecule has 0 spiro atoms. The normalized spacial score (nSPS) is 16.4. The van der Waals surface area contributed by atoms with Crippen LogP contribution < -0.4 is 10.6 Å². The van der Waals surface area contributed by atoms with E-state index in [-0.39, 0.29) is 5.54 Å². The first-order chi connectivity index (χ1) is 12.4.